The second-order valence-corrected chi connectivity index (χ2v) is 3.56. The van der Waals surface area contributed by atoms with Crippen LogP contribution in [0.5, 0.6) is 0 Å². The molecule has 1 aliphatic rings. The van der Waals surface area contributed by atoms with Crippen molar-refractivity contribution < 1.29 is 9.47 Å². The number of benzene rings is 1. The topological polar surface area (TPSA) is 21.8 Å². The van der Waals surface area contributed by atoms with E-state index in [0.29, 0.717) is 12.2 Å². The van der Waals surface area contributed by atoms with E-state index < -0.39 is 0 Å². The fourth-order valence-corrected chi connectivity index (χ4v) is 1.59. The summed E-state index contributed by atoms with van der Waals surface area (Å²) in [5.41, 5.74) is 1.34. The highest BCUT2D eigenvalue weighted by Gasteiger charge is 2.38. The zero-order chi connectivity index (χ0) is 9.80. The van der Waals surface area contributed by atoms with Gasteiger partial charge in [-0.2, -0.15) is 0 Å². The first-order valence-corrected chi connectivity index (χ1v) is 5.17. The average Bonchev–Trinajstić information content (AvgIpc) is 2.95. The first-order chi connectivity index (χ1) is 6.90. The van der Waals surface area contributed by atoms with Crippen molar-refractivity contribution in [3.63, 3.8) is 0 Å². The highest BCUT2D eigenvalue weighted by molar-refractivity contribution is 5.17. The van der Waals surface area contributed by atoms with Crippen molar-refractivity contribution in [2.75, 3.05) is 13.2 Å². The molecular formula is C12H16O2. The maximum atomic E-state index is 5.50. The molecule has 2 nitrogen and oxygen atoms in total. The highest BCUT2D eigenvalue weighted by atomic mass is 16.6. The molecule has 0 bridgehead atoms. The molecule has 0 amide bonds. The monoisotopic (exact) mass is 192 g/mol. The molecule has 0 aliphatic carbocycles. The Kier molecular flexibility index (Phi) is 3.17. The van der Waals surface area contributed by atoms with E-state index in [1.165, 1.54) is 5.56 Å². The van der Waals surface area contributed by atoms with Crippen LogP contribution in [0.15, 0.2) is 30.3 Å². The minimum absolute atomic E-state index is 0.329. The third-order valence-corrected chi connectivity index (χ3v) is 2.45. The summed E-state index contributed by atoms with van der Waals surface area (Å²) < 4.78 is 10.8. The second kappa shape index (κ2) is 4.58. The van der Waals surface area contributed by atoms with Gasteiger partial charge in [-0.15, -0.1) is 0 Å². The van der Waals surface area contributed by atoms with Crippen molar-refractivity contribution in [2.45, 2.75) is 25.6 Å². The summed E-state index contributed by atoms with van der Waals surface area (Å²) in [6.07, 6.45) is 1.72. The normalized spacial score (nSPS) is 24.9. The van der Waals surface area contributed by atoms with Crippen LogP contribution in [0.4, 0.5) is 0 Å². The van der Waals surface area contributed by atoms with Gasteiger partial charge in [-0.05, 0) is 12.5 Å². The van der Waals surface area contributed by atoms with Gasteiger partial charge in [0, 0.05) is 13.0 Å². The van der Waals surface area contributed by atoms with Gasteiger partial charge in [-0.25, -0.2) is 0 Å². The molecule has 0 aromatic heterocycles. The van der Waals surface area contributed by atoms with Crippen molar-refractivity contribution in [3.05, 3.63) is 35.9 Å². The van der Waals surface area contributed by atoms with Crippen molar-refractivity contribution >= 4 is 0 Å². The molecule has 2 unspecified atom stereocenters. The van der Waals surface area contributed by atoms with Gasteiger partial charge >= 0.3 is 0 Å². The molecule has 1 aliphatic heterocycles. The van der Waals surface area contributed by atoms with E-state index >= 15 is 0 Å². The summed E-state index contributed by atoms with van der Waals surface area (Å²) in [6.45, 7) is 3.53. The Balaban J connectivity index is 1.74. The van der Waals surface area contributed by atoms with Gasteiger partial charge in [0.05, 0.1) is 12.7 Å². The Hall–Kier alpha value is -0.860. The zero-order valence-corrected chi connectivity index (χ0v) is 8.48. The van der Waals surface area contributed by atoms with E-state index in [1.54, 1.807) is 0 Å². The van der Waals surface area contributed by atoms with Crippen LogP contribution in [0.2, 0.25) is 0 Å². The van der Waals surface area contributed by atoms with Crippen LogP contribution in [0.25, 0.3) is 0 Å². The number of epoxide rings is 1. The Labute approximate surface area is 84.8 Å². The Bertz CT molecular complexity index is 271. The van der Waals surface area contributed by atoms with Gasteiger partial charge in [0.15, 0.2) is 0 Å². The Morgan fingerprint density at radius 3 is 2.71 bits per heavy atom. The molecule has 1 fully saturated rings. The fraction of sp³-hybridized carbons (Fsp3) is 0.500. The van der Waals surface area contributed by atoms with Crippen LogP contribution in [0.1, 0.15) is 12.5 Å². The maximum Gasteiger partial charge on any atom is 0.108 e. The standard InChI is InChI=1S/C12H16O2/c1-2-13-9-12-11(14-12)8-10-6-4-3-5-7-10/h3-7,11-12H,2,8-9H2,1H3. The lowest BCUT2D eigenvalue weighted by atomic mass is 10.1. The first kappa shape index (κ1) is 9.69. The maximum absolute atomic E-state index is 5.50. The van der Waals surface area contributed by atoms with E-state index in [2.05, 4.69) is 24.3 Å². The van der Waals surface area contributed by atoms with E-state index in [1.807, 2.05) is 13.0 Å². The lowest BCUT2D eigenvalue weighted by Gasteiger charge is -1.97. The van der Waals surface area contributed by atoms with Crippen LogP contribution in [-0.4, -0.2) is 25.4 Å². The molecule has 2 atom stereocenters. The summed E-state index contributed by atoms with van der Waals surface area (Å²) >= 11 is 0. The van der Waals surface area contributed by atoms with Crippen molar-refractivity contribution in [1.82, 2.24) is 0 Å². The largest absolute Gasteiger partial charge is 0.379 e. The number of ether oxygens (including phenoxy) is 2. The molecule has 2 rings (SSSR count). The smallest absolute Gasteiger partial charge is 0.108 e. The number of hydrogen-bond acceptors (Lipinski definition) is 2. The summed E-state index contributed by atoms with van der Waals surface area (Å²) in [6, 6.07) is 10.4. The Morgan fingerprint density at radius 1 is 1.21 bits per heavy atom. The third kappa shape index (κ3) is 2.56. The highest BCUT2D eigenvalue weighted by Crippen LogP contribution is 2.25. The predicted molar refractivity (Wildman–Crippen MR) is 55.3 cm³/mol. The van der Waals surface area contributed by atoms with Crippen LogP contribution < -0.4 is 0 Å². The lowest BCUT2D eigenvalue weighted by molar-refractivity contribution is 0.128. The summed E-state index contributed by atoms with van der Waals surface area (Å²) in [5.74, 6) is 0. The minimum atomic E-state index is 0.329. The minimum Gasteiger partial charge on any atom is -0.379 e. The van der Waals surface area contributed by atoms with Crippen molar-refractivity contribution in [2.24, 2.45) is 0 Å². The van der Waals surface area contributed by atoms with Crippen LogP contribution >= 0.6 is 0 Å². The molecule has 2 heteroatoms. The molecule has 1 aromatic carbocycles. The van der Waals surface area contributed by atoms with Gasteiger partial charge in [0.25, 0.3) is 0 Å². The third-order valence-electron chi connectivity index (χ3n) is 2.45. The van der Waals surface area contributed by atoms with E-state index in [-0.39, 0.29) is 0 Å². The number of rotatable bonds is 5. The zero-order valence-electron chi connectivity index (χ0n) is 8.48. The average molecular weight is 192 g/mol. The quantitative estimate of drug-likeness (QED) is 0.666. The molecule has 1 aromatic rings. The molecule has 14 heavy (non-hydrogen) atoms. The van der Waals surface area contributed by atoms with Gasteiger partial charge in [-0.1, -0.05) is 30.3 Å². The van der Waals surface area contributed by atoms with Crippen LogP contribution in [-0.2, 0) is 15.9 Å². The summed E-state index contributed by atoms with van der Waals surface area (Å²) in [7, 11) is 0. The van der Waals surface area contributed by atoms with E-state index in [0.717, 1.165) is 19.6 Å². The SMILES string of the molecule is CCOCC1OC1Cc1ccccc1. The molecule has 0 saturated carbocycles. The van der Waals surface area contributed by atoms with E-state index in [4.69, 9.17) is 9.47 Å². The molecule has 1 saturated heterocycles. The van der Waals surface area contributed by atoms with Gasteiger partial charge in [0.2, 0.25) is 0 Å². The molecule has 0 N–H and O–H groups in total. The molecular weight excluding hydrogens is 176 g/mol. The summed E-state index contributed by atoms with van der Waals surface area (Å²) in [5, 5.41) is 0. The van der Waals surface area contributed by atoms with Gasteiger partial charge in [-0.3, -0.25) is 0 Å². The second-order valence-electron chi connectivity index (χ2n) is 3.56. The molecule has 76 valence electrons. The Morgan fingerprint density at radius 2 is 2.00 bits per heavy atom. The fourth-order valence-electron chi connectivity index (χ4n) is 1.59. The van der Waals surface area contributed by atoms with Crippen molar-refractivity contribution in [3.8, 4) is 0 Å². The molecule has 1 heterocycles. The molecule has 0 spiro atoms. The van der Waals surface area contributed by atoms with Gasteiger partial charge < -0.3 is 9.47 Å². The molecule has 0 radical (unpaired) electrons. The predicted octanol–water partition coefficient (Wildman–Crippen LogP) is 2.03. The van der Waals surface area contributed by atoms with Gasteiger partial charge in [0.1, 0.15) is 6.10 Å². The van der Waals surface area contributed by atoms with E-state index in [9.17, 15) is 0 Å². The first-order valence-electron chi connectivity index (χ1n) is 5.17. The van der Waals surface area contributed by atoms with Crippen LogP contribution in [0, 0.1) is 0 Å². The number of hydrogen-bond donors (Lipinski definition) is 0. The van der Waals surface area contributed by atoms with Crippen molar-refractivity contribution in [1.29, 1.82) is 0 Å². The lowest BCUT2D eigenvalue weighted by Crippen LogP contribution is -2.06. The van der Waals surface area contributed by atoms with Crippen LogP contribution in [0.3, 0.4) is 0 Å². The summed E-state index contributed by atoms with van der Waals surface area (Å²) in [4.78, 5) is 0.